The molecule has 4 nitrogen and oxygen atoms in total. The van der Waals surface area contributed by atoms with Crippen molar-refractivity contribution >= 4 is 21.2 Å². The standard InChI is InChI=1S/C14H23FN2O2S/c1-10(2)17(4)14-7-6-12(8-13(14)15)16-11(3)9-20(5,18)19/h6-8,10-11,16H,9H2,1-5H3. The van der Waals surface area contributed by atoms with E-state index in [1.54, 1.807) is 19.1 Å². The van der Waals surface area contributed by atoms with Crippen molar-refractivity contribution < 1.29 is 12.8 Å². The maximum atomic E-state index is 14.0. The summed E-state index contributed by atoms with van der Waals surface area (Å²) in [6.07, 6.45) is 1.19. The molecule has 1 rings (SSSR count). The van der Waals surface area contributed by atoms with Crippen molar-refractivity contribution in [2.24, 2.45) is 0 Å². The van der Waals surface area contributed by atoms with Crippen LogP contribution >= 0.6 is 0 Å². The van der Waals surface area contributed by atoms with E-state index in [1.165, 1.54) is 12.3 Å². The van der Waals surface area contributed by atoms with E-state index in [2.05, 4.69) is 5.32 Å². The van der Waals surface area contributed by atoms with E-state index in [1.807, 2.05) is 25.8 Å². The van der Waals surface area contributed by atoms with Gasteiger partial charge in [0.25, 0.3) is 0 Å². The molecule has 1 unspecified atom stereocenters. The second-order valence-corrected chi connectivity index (χ2v) is 7.69. The predicted octanol–water partition coefficient (Wildman–Crippen LogP) is 2.52. The Bertz CT molecular complexity index is 558. The fraction of sp³-hybridized carbons (Fsp3) is 0.571. The zero-order chi connectivity index (χ0) is 15.5. The number of sulfone groups is 1. The summed E-state index contributed by atoms with van der Waals surface area (Å²) >= 11 is 0. The molecule has 20 heavy (non-hydrogen) atoms. The number of hydrogen-bond donors (Lipinski definition) is 1. The van der Waals surface area contributed by atoms with Crippen LogP contribution in [0.4, 0.5) is 15.8 Å². The van der Waals surface area contributed by atoms with Crippen LogP contribution in [0, 0.1) is 5.82 Å². The van der Waals surface area contributed by atoms with Gasteiger partial charge < -0.3 is 10.2 Å². The second kappa shape index (κ2) is 6.43. The number of rotatable bonds is 6. The first-order valence-corrected chi connectivity index (χ1v) is 8.63. The first-order chi connectivity index (χ1) is 9.10. The molecule has 1 N–H and O–H groups in total. The minimum Gasteiger partial charge on any atom is -0.381 e. The highest BCUT2D eigenvalue weighted by Crippen LogP contribution is 2.23. The molecule has 1 aromatic rings. The van der Waals surface area contributed by atoms with Crippen LogP contribution in [0.1, 0.15) is 20.8 Å². The Hall–Kier alpha value is -1.30. The summed E-state index contributed by atoms with van der Waals surface area (Å²) in [6, 6.07) is 4.79. The molecule has 0 aliphatic rings. The largest absolute Gasteiger partial charge is 0.381 e. The fourth-order valence-corrected chi connectivity index (χ4v) is 2.93. The van der Waals surface area contributed by atoms with E-state index in [4.69, 9.17) is 0 Å². The Morgan fingerprint density at radius 1 is 1.30 bits per heavy atom. The maximum absolute atomic E-state index is 14.0. The average molecular weight is 302 g/mol. The minimum atomic E-state index is -3.05. The molecule has 0 saturated carbocycles. The number of benzene rings is 1. The van der Waals surface area contributed by atoms with Gasteiger partial charge in [0.05, 0.1) is 11.4 Å². The number of anilines is 2. The van der Waals surface area contributed by atoms with Crippen molar-refractivity contribution in [3.63, 3.8) is 0 Å². The van der Waals surface area contributed by atoms with Crippen LogP contribution in [0.25, 0.3) is 0 Å². The second-order valence-electron chi connectivity index (χ2n) is 5.51. The van der Waals surface area contributed by atoms with Gasteiger partial charge >= 0.3 is 0 Å². The molecule has 0 saturated heterocycles. The summed E-state index contributed by atoms with van der Waals surface area (Å²) < 4.78 is 36.4. The molecule has 1 aromatic carbocycles. The van der Waals surface area contributed by atoms with Gasteiger partial charge in [-0.2, -0.15) is 0 Å². The molecule has 0 aliphatic heterocycles. The van der Waals surface area contributed by atoms with Gasteiger partial charge in [-0.15, -0.1) is 0 Å². The summed E-state index contributed by atoms with van der Waals surface area (Å²) in [5.74, 6) is -0.305. The van der Waals surface area contributed by atoms with Gasteiger partial charge in [0, 0.05) is 31.1 Å². The Labute approximate surface area is 120 Å². The molecule has 0 aliphatic carbocycles. The van der Waals surface area contributed by atoms with E-state index < -0.39 is 9.84 Å². The van der Waals surface area contributed by atoms with E-state index in [0.29, 0.717) is 11.4 Å². The van der Waals surface area contributed by atoms with Crippen molar-refractivity contribution in [2.75, 3.05) is 29.3 Å². The normalized spacial score (nSPS) is 13.3. The Morgan fingerprint density at radius 2 is 1.90 bits per heavy atom. The monoisotopic (exact) mass is 302 g/mol. The lowest BCUT2D eigenvalue weighted by Crippen LogP contribution is -2.27. The molecular weight excluding hydrogens is 279 g/mol. The molecule has 0 spiro atoms. The molecule has 0 heterocycles. The molecule has 1 atom stereocenters. The zero-order valence-electron chi connectivity index (χ0n) is 12.6. The molecule has 6 heteroatoms. The van der Waals surface area contributed by atoms with Gasteiger partial charge in [-0.25, -0.2) is 12.8 Å². The summed E-state index contributed by atoms with van der Waals surface area (Å²) in [7, 11) is -1.22. The van der Waals surface area contributed by atoms with Crippen LogP contribution in [-0.2, 0) is 9.84 Å². The van der Waals surface area contributed by atoms with Crippen LogP contribution < -0.4 is 10.2 Å². The van der Waals surface area contributed by atoms with E-state index in [0.717, 1.165) is 0 Å². The van der Waals surface area contributed by atoms with E-state index >= 15 is 0 Å². The Balaban J connectivity index is 2.83. The molecule has 0 amide bonds. The molecule has 0 radical (unpaired) electrons. The molecule has 0 fully saturated rings. The quantitative estimate of drug-likeness (QED) is 0.877. The fourth-order valence-electron chi connectivity index (χ4n) is 1.94. The lowest BCUT2D eigenvalue weighted by molar-refractivity contribution is 0.598. The summed E-state index contributed by atoms with van der Waals surface area (Å²) in [5, 5.41) is 3.00. The van der Waals surface area contributed by atoms with Crippen LogP contribution in [0.3, 0.4) is 0 Å². The van der Waals surface area contributed by atoms with Gasteiger partial charge in [-0.1, -0.05) is 0 Å². The first kappa shape index (κ1) is 16.8. The summed E-state index contributed by atoms with van der Waals surface area (Å²) in [6.45, 7) is 5.73. The van der Waals surface area contributed by atoms with Crippen LogP contribution in [-0.4, -0.2) is 39.6 Å². The lowest BCUT2D eigenvalue weighted by atomic mass is 10.2. The smallest absolute Gasteiger partial charge is 0.149 e. The number of halogens is 1. The van der Waals surface area contributed by atoms with Crippen LogP contribution in [0.5, 0.6) is 0 Å². The predicted molar refractivity (Wildman–Crippen MR) is 82.7 cm³/mol. The van der Waals surface area contributed by atoms with E-state index in [-0.39, 0.29) is 23.7 Å². The SMILES string of the molecule is CC(CS(C)(=O)=O)Nc1ccc(N(C)C(C)C)c(F)c1. The van der Waals surface area contributed by atoms with Crippen molar-refractivity contribution in [3.8, 4) is 0 Å². The third kappa shape index (κ3) is 5.00. The summed E-state index contributed by atoms with van der Waals surface area (Å²) in [5.41, 5.74) is 1.11. The average Bonchev–Trinajstić information content (AvgIpc) is 2.25. The highest BCUT2D eigenvalue weighted by Gasteiger charge is 2.13. The van der Waals surface area contributed by atoms with Crippen LogP contribution in [0.2, 0.25) is 0 Å². The summed E-state index contributed by atoms with van der Waals surface area (Å²) in [4.78, 5) is 1.85. The van der Waals surface area contributed by atoms with Gasteiger partial charge in [0.1, 0.15) is 15.7 Å². The van der Waals surface area contributed by atoms with E-state index in [9.17, 15) is 12.8 Å². The van der Waals surface area contributed by atoms with Crippen molar-refractivity contribution in [1.82, 2.24) is 0 Å². The lowest BCUT2D eigenvalue weighted by Gasteiger charge is -2.25. The Kier molecular flexibility index (Phi) is 5.39. The number of hydrogen-bond acceptors (Lipinski definition) is 4. The highest BCUT2D eigenvalue weighted by molar-refractivity contribution is 7.90. The van der Waals surface area contributed by atoms with Crippen LogP contribution in [0.15, 0.2) is 18.2 Å². The topological polar surface area (TPSA) is 49.4 Å². The molecule has 114 valence electrons. The molecule has 0 bridgehead atoms. The van der Waals surface area contributed by atoms with Gasteiger partial charge in [0.15, 0.2) is 0 Å². The molecule has 0 aromatic heterocycles. The third-order valence-electron chi connectivity index (χ3n) is 3.07. The van der Waals surface area contributed by atoms with Gasteiger partial charge in [-0.3, -0.25) is 0 Å². The first-order valence-electron chi connectivity index (χ1n) is 6.57. The van der Waals surface area contributed by atoms with Crippen molar-refractivity contribution in [3.05, 3.63) is 24.0 Å². The number of nitrogens with one attached hydrogen (secondary N) is 1. The number of nitrogens with zero attached hydrogens (tertiary/aromatic N) is 1. The highest BCUT2D eigenvalue weighted by atomic mass is 32.2. The van der Waals surface area contributed by atoms with Gasteiger partial charge in [0.2, 0.25) is 0 Å². The molecular formula is C14H23FN2O2S. The van der Waals surface area contributed by atoms with Crippen molar-refractivity contribution in [2.45, 2.75) is 32.9 Å². The van der Waals surface area contributed by atoms with Crippen molar-refractivity contribution in [1.29, 1.82) is 0 Å². The third-order valence-corrected chi connectivity index (χ3v) is 4.17. The Morgan fingerprint density at radius 3 is 2.35 bits per heavy atom. The van der Waals surface area contributed by atoms with Gasteiger partial charge in [-0.05, 0) is 39.0 Å². The maximum Gasteiger partial charge on any atom is 0.149 e. The zero-order valence-corrected chi connectivity index (χ0v) is 13.5. The minimum absolute atomic E-state index is 0.0161.